The fourth-order valence-electron chi connectivity index (χ4n) is 3.82. The number of aliphatic imine (C=N–C) groups is 1. The molecule has 1 heterocycles. The second kappa shape index (κ2) is 12.3. The van der Waals surface area contributed by atoms with Gasteiger partial charge in [-0.15, -0.1) is 0 Å². The van der Waals surface area contributed by atoms with Crippen molar-refractivity contribution in [1.82, 2.24) is 15.5 Å². The van der Waals surface area contributed by atoms with Crippen molar-refractivity contribution < 1.29 is 14.6 Å². The van der Waals surface area contributed by atoms with Crippen molar-refractivity contribution in [2.75, 3.05) is 33.3 Å². The normalized spacial score (nSPS) is 15.4. The zero-order valence-corrected chi connectivity index (χ0v) is 18.9. The molecule has 1 amide bonds. The van der Waals surface area contributed by atoms with Gasteiger partial charge in [0.25, 0.3) is 0 Å². The summed E-state index contributed by atoms with van der Waals surface area (Å²) < 4.78 is 5.13. The number of phenolic OH excluding ortho intramolecular Hbond substituents is 1. The SMILES string of the molecule is CCNC(=NCCc1ccc(OC)cc1O)NC1CCN(C(=O)C(CC)CC)CC1. The highest BCUT2D eigenvalue weighted by atomic mass is 16.5. The second-order valence-corrected chi connectivity index (χ2v) is 7.76. The Kier molecular flexibility index (Phi) is 9.77. The zero-order valence-electron chi connectivity index (χ0n) is 18.9. The van der Waals surface area contributed by atoms with E-state index in [4.69, 9.17) is 4.74 Å². The lowest BCUT2D eigenvalue weighted by Crippen LogP contribution is -2.50. The van der Waals surface area contributed by atoms with Crippen molar-refractivity contribution >= 4 is 11.9 Å². The van der Waals surface area contributed by atoms with Crippen molar-refractivity contribution in [2.24, 2.45) is 10.9 Å². The Balaban J connectivity index is 1.86. The number of carbonyl (C=O) groups excluding carboxylic acids is 1. The van der Waals surface area contributed by atoms with E-state index in [0.29, 0.717) is 30.7 Å². The van der Waals surface area contributed by atoms with Gasteiger partial charge in [0.1, 0.15) is 11.5 Å². The minimum atomic E-state index is 0.155. The average Bonchev–Trinajstić information content (AvgIpc) is 2.76. The van der Waals surface area contributed by atoms with Crippen LogP contribution in [-0.2, 0) is 11.2 Å². The molecule has 2 rings (SSSR count). The molecule has 30 heavy (non-hydrogen) atoms. The first-order chi connectivity index (χ1) is 14.5. The fourth-order valence-corrected chi connectivity index (χ4v) is 3.82. The van der Waals surface area contributed by atoms with E-state index in [1.54, 1.807) is 13.2 Å². The molecule has 1 fully saturated rings. The Morgan fingerprint density at radius 1 is 1.27 bits per heavy atom. The number of phenols is 1. The van der Waals surface area contributed by atoms with Crippen LogP contribution in [0.3, 0.4) is 0 Å². The van der Waals surface area contributed by atoms with Crippen molar-refractivity contribution in [3.8, 4) is 11.5 Å². The Morgan fingerprint density at radius 2 is 1.97 bits per heavy atom. The Morgan fingerprint density at radius 3 is 2.53 bits per heavy atom. The number of nitrogens with zero attached hydrogens (tertiary/aromatic N) is 2. The Labute approximate surface area is 180 Å². The molecule has 1 aliphatic rings. The maximum atomic E-state index is 12.6. The average molecular weight is 419 g/mol. The molecule has 0 spiro atoms. The molecule has 1 aromatic rings. The fraction of sp³-hybridized carbons (Fsp3) is 0.652. The lowest BCUT2D eigenvalue weighted by molar-refractivity contribution is -0.136. The molecule has 0 saturated carbocycles. The molecule has 3 N–H and O–H groups in total. The Bertz CT molecular complexity index is 696. The predicted octanol–water partition coefficient (Wildman–Crippen LogP) is 2.93. The number of hydrogen-bond acceptors (Lipinski definition) is 4. The summed E-state index contributed by atoms with van der Waals surface area (Å²) in [6.07, 6.45) is 4.32. The van der Waals surface area contributed by atoms with Crippen LogP contribution < -0.4 is 15.4 Å². The monoisotopic (exact) mass is 418 g/mol. The van der Waals surface area contributed by atoms with Crippen LogP contribution in [0.4, 0.5) is 0 Å². The van der Waals surface area contributed by atoms with Gasteiger partial charge in [0.05, 0.1) is 7.11 Å². The number of likely N-dealkylation sites (tertiary alicyclic amines) is 1. The van der Waals surface area contributed by atoms with Gasteiger partial charge in [-0.2, -0.15) is 0 Å². The summed E-state index contributed by atoms with van der Waals surface area (Å²) in [5.41, 5.74) is 0.851. The minimum Gasteiger partial charge on any atom is -0.508 e. The van der Waals surface area contributed by atoms with Crippen molar-refractivity contribution in [3.63, 3.8) is 0 Å². The molecule has 0 atom stereocenters. The number of aromatic hydroxyl groups is 1. The number of hydrogen-bond donors (Lipinski definition) is 3. The van der Waals surface area contributed by atoms with E-state index in [9.17, 15) is 9.90 Å². The van der Waals surface area contributed by atoms with E-state index in [2.05, 4.69) is 29.5 Å². The van der Waals surface area contributed by atoms with Gasteiger partial charge in [0, 0.05) is 44.2 Å². The third-order valence-corrected chi connectivity index (χ3v) is 5.77. The third-order valence-electron chi connectivity index (χ3n) is 5.77. The number of amides is 1. The van der Waals surface area contributed by atoms with Gasteiger partial charge in [-0.1, -0.05) is 19.9 Å². The largest absolute Gasteiger partial charge is 0.508 e. The van der Waals surface area contributed by atoms with Crippen LogP contribution in [0.25, 0.3) is 0 Å². The van der Waals surface area contributed by atoms with Gasteiger partial charge in [0.2, 0.25) is 5.91 Å². The molecule has 0 bridgehead atoms. The van der Waals surface area contributed by atoms with Crippen LogP contribution in [-0.4, -0.2) is 61.2 Å². The van der Waals surface area contributed by atoms with Gasteiger partial charge in [-0.3, -0.25) is 9.79 Å². The van der Waals surface area contributed by atoms with E-state index < -0.39 is 0 Å². The minimum absolute atomic E-state index is 0.155. The van der Waals surface area contributed by atoms with E-state index >= 15 is 0 Å². The molecule has 7 heteroatoms. The van der Waals surface area contributed by atoms with E-state index in [0.717, 1.165) is 56.8 Å². The predicted molar refractivity (Wildman–Crippen MR) is 121 cm³/mol. The topological polar surface area (TPSA) is 86.2 Å². The number of benzene rings is 1. The lowest BCUT2D eigenvalue weighted by Gasteiger charge is -2.34. The summed E-state index contributed by atoms with van der Waals surface area (Å²) >= 11 is 0. The first kappa shape index (κ1) is 23.8. The quantitative estimate of drug-likeness (QED) is 0.424. The lowest BCUT2D eigenvalue weighted by atomic mass is 9.98. The first-order valence-electron chi connectivity index (χ1n) is 11.2. The highest BCUT2D eigenvalue weighted by Gasteiger charge is 2.26. The summed E-state index contributed by atoms with van der Waals surface area (Å²) in [7, 11) is 1.58. The second-order valence-electron chi connectivity index (χ2n) is 7.76. The number of piperidine rings is 1. The number of carbonyl (C=O) groups is 1. The number of nitrogens with one attached hydrogen (secondary N) is 2. The van der Waals surface area contributed by atoms with Crippen LogP contribution >= 0.6 is 0 Å². The zero-order chi connectivity index (χ0) is 21.9. The number of guanidine groups is 1. The number of methoxy groups -OCH3 is 1. The molecule has 0 aliphatic carbocycles. The maximum absolute atomic E-state index is 12.6. The van der Waals surface area contributed by atoms with Crippen molar-refractivity contribution in [1.29, 1.82) is 0 Å². The summed E-state index contributed by atoms with van der Waals surface area (Å²) in [6.45, 7) is 9.17. The van der Waals surface area contributed by atoms with Gasteiger partial charge in [0.15, 0.2) is 5.96 Å². The molecule has 1 aromatic carbocycles. The van der Waals surface area contributed by atoms with Crippen LogP contribution in [0.5, 0.6) is 11.5 Å². The molecule has 1 saturated heterocycles. The van der Waals surface area contributed by atoms with E-state index in [1.807, 2.05) is 24.0 Å². The third kappa shape index (κ3) is 6.82. The molecule has 0 radical (unpaired) electrons. The van der Waals surface area contributed by atoms with Crippen molar-refractivity contribution in [3.05, 3.63) is 23.8 Å². The van der Waals surface area contributed by atoms with Crippen LogP contribution in [0.15, 0.2) is 23.2 Å². The first-order valence-corrected chi connectivity index (χ1v) is 11.2. The summed E-state index contributed by atoms with van der Waals surface area (Å²) in [5, 5.41) is 16.9. The van der Waals surface area contributed by atoms with Gasteiger partial charge in [-0.25, -0.2) is 0 Å². The summed E-state index contributed by atoms with van der Waals surface area (Å²) in [5.74, 6) is 2.12. The molecule has 1 aliphatic heterocycles. The number of rotatable bonds is 9. The van der Waals surface area contributed by atoms with Gasteiger partial charge in [-0.05, 0) is 50.7 Å². The van der Waals surface area contributed by atoms with E-state index in [-0.39, 0.29) is 11.7 Å². The molecule has 0 unspecified atom stereocenters. The van der Waals surface area contributed by atoms with Crippen LogP contribution in [0, 0.1) is 5.92 Å². The van der Waals surface area contributed by atoms with E-state index in [1.165, 1.54) is 0 Å². The Hall–Kier alpha value is -2.44. The van der Waals surface area contributed by atoms with Crippen LogP contribution in [0.1, 0.15) is 52.0 Å². The van der Waals surface area contributed by atoms with Gasteiger partial charge < -0.3 is 25.4 Å². The number of ether oxygens (including phenoxy) is 1. The molecule has 7 nitrogen and oxygen atoms in total. The summed E-state index contributed by atoms with van der Waals surface area (Å²) in [4.78, 5) is 19.3. The highest BCUT2D eigenvalue weighted by Crippen LogP contribution is 2.23. The molecular formula is C23H38N4O3. The molecule has 0 aromatic heterocycles. The van der Waals surface area contributed by atoms with Crippen LogP contribution in [0.2, 0.25) is 0 Å². The standard InChI is InChI=1S/C23H38N4O3/c1-5-17(6-2)22(29)27-14-11-19(12-15-27)26-23(24-7-3)25-13-10-18-8-9-20(30-4)16-21(18)28/h8-9,16-17,19,28H,5-7,10-15H2,1-4H3,(H2,24,25,26). The highest BCUT2D eigenvalue weighted by molar-refractivity contribution is 5.80. The van der Waals surface area contributed by atoms with Crippen molar-refractivity contribution in [2.45, 2.75) is 58.9 Å². The van der Waals surface area contributed by atoms with Gasteiger partial charge >= 0.3 is 0 Å². The molecular weight excluding hydrogens is 380 g/mol. The smallest absolute Gasteiger partial charge is 0.225 e. The summed E-state index contributed by atoms with van der Waals surface area (Å²) in [6, 6.07) is 5.65. The maximum Gasteiger partial charge on any atom is 0.225 e. The molecule has 168 valence electrons.